The fourth-order valence-electron chi connectivity index (χ4n) is 1.50. The van der Waals surface area contributed by atoms with Crippen LogP contribution >= 0.6 is 0 Å². The SMILES string of the molecule is CCCC(=O)C(CC)c1ccco1. The largest absolute Gasteiger partial charge is 0.469 e. The molecule has 1 rings (SSSR count). The van der Waals surface area contributed by atoms with Gasteiger partial charge in [0, 0.05) is 6.42 Å². The Hall–Kier alpha value is -1.05. The zero-order valence-electron chi connectivity index (χ0n) is 8.25. The zero-order chi connectivity index (χ0) is 9.68. The van der Waals surface area contributed by atoms with Crippen LogP contribution in [0.2, 0.25) is 0 Å². The van der Waals surface area contributed by atoms with E-state index in [0.717, 1.165) is 18.6 Å². The van der Waals surface area contributed by atoms with Crippen molar-refractivity contribution in [3.63, 3.8) is 0 Å². The third-order valence-corrected chi connectivity index (χ3v) is 2.18. The van der Waals surface area contributed by atoms with Gasteiger partial charge in [-0.2, -0.15) is 0 Å². The molecule has 0 spiro atoms. The van der Waals surface area contributed by atoms with Gasteiger partial charge >= 0.3 is 0 Å². The maximum atomic E-state index is 11.6. The maximum absolute atomic E-state index is 11.6. The first-order valence-electron chi connectivity index (χ1n) is 4.85. The number of ketones is 1. The van der Waals surface area contributed by atoms with Crippen molar-refractivity contribution in [3.05, 3.63) is 24.2 Å². The smallest absolute Gasteiger partial charge is 0.143 e. The van der Waals surface area contributed by atoms with Crippen LogP contribution in [0.1, 0.15) is 44.8 Å². The van der Waals surface area contributed by atoms with Gasteiger partial charge in [-0.1, -0.05) is 13.8 Å². The van der Waals surface area contributed by atoms with Crippen molar-refractivity contribution in [2.24, 2.45) is 0 Å². The minimum absolute atomic E-state index is 0.0325. The highest BCUT2D eigenvalue weighted by Crippen LogP contribution is 2.22. The maximum Gasteiger partial charge on any atom is 0.143 e. The van der Waals surface area contributed by atoms with Gasteiger partial charge in [-0.25, -0.2) is 0 Å². The van der Waals surface area contributed by atoms with Crippen molar-refractivity contribution in [1.82, 2.24) is 0 Å². The third-order valence-electron chi connectivity index (χ3n) is 2.18. The molecule has 0 bridgehead atoms. The highest BCUT2D eigenvalue weighted by atomic mass is 16.3. The van der Waals surface area contributed by atoms with Crippen LogP contribution in [0.5, 0.6) is 0 Å². The number of Topliss-reactive ketones (excluding diaryl/α,β-unsaturated/α-hetero) is 1. The summed E-state index contributed by atoms with van der Waals surface area (Å²) >= 11 is 0. The van der Waals surface area contributed by atoms with E-state index in [9.17, 15) is 4.79 Å². The predicted octanol–water partition coefficient (Wildman–Crippen LogP) is 3.14. The van der Waals surface area contributed by atoms with Crippen LogP contribution in [-0.4, -0.2) is 5.78 Å². The number of hydrogen-bond acceptors (Lipinski definition) is 2. The Morgan fingerprint density at radius 1 is 1.54 bits per heavy atom. The molecular weight excluding hydrogens is 164 g/mol. The molecule has 0 aliphatic heterocycles. The molecule has 1 unspecified atom stereocenters. The van der Waals surface area contributed by atoms with Crippen LogP contribution in [0.25, 0.3) is 0 Å². The molecule has 1 aromatic heterocycles. The Kier molecular flexibility index (Phi) is 3.74. The number of hydrogen-bond donors (Lipinski definition) is 0. The Balaban J connectivity index is 2.68. The summed E-state index contributed by atoms with van der Waals surface area (Å²) in [6.45, 7) is 4.04. The van der Waals surface area contributed by atoms with E-state index < -0.39 is 0 Å². The van der Waals surface area contributed by atoms with Crippen LogP contribution in [0.3, 0.4) is 0 Å². The normalized spacial score (nSPS) is 12.8. The molecule has 2 nitrogen and oxygen atoms in total. The number of rotatable bonds is 5. The summed E-state index contributed by atoms with van der Waals surface area (Å²) in [6, 6.07) is 3.71. The van der Waals surface area contributed by atoms with Gasteiger partial charge in [-0.05, 0) is 25.0 Å². The van der Waals surface area contributed by atoms with E-state index in [1.807, 2.05) is 26.0 Å². The lowest BCUT2D eigenvalue weighted by Gasteiger charge is -2.09. The average Bonchev–Trinajstić information content (AvgIpc) is 2.59. The molecule has 0 aliphatic rings. The van der Waals surface area contributed by atoms with Crippen molar-refractivity contribution in [2.75, 3.05) is 0 Å². The first-order chi connectivity index (χ1) is 6.29. The molecule has 0 saturated heterocycles. The van der Waals surface area contributed by atoms with Gasteiger partial charge in [0.05, 0.1) is 12.2 Å². The first-order valence-corrected chi connectivity index (χ1v) is 4.85. The average molecular weight is 180 g/mol. The summed E-state index contributed by atoms with van der Waals surface area (Å²) in [5.41, 5.74) is 0. The molecule has 0 amide bonds. The van der Waals surface area contributed by atoms with Crippen LogP contribution in [-0.2, 0) is 4.79 Å². The molecule has 0 N–H and O–H groups in total. The molecule has 13 heavy (non-hydrogen) atoms. The Morgan fingerprint density at radius 2 is 2.31 bits per heavy atom. The van der Waals surface area contributed by atoms with E-state index in [-0.39, 0.29) is 5.92 Å². The quantitative estimate of drug-likeness (QED) is 0.696. The molecular formula is C11H16O2. The summed E-state index contributed by atoms with van der Waals surface area (Å²) in [7, 11) is 0. The van der Waals surface area contributed by atoms with Crippen LogP contribution in [0, 0.1) is 0 Å². The molecule has 72 valence electrons. The van der Waals surface area contributed by atoms with Gasteiger partial charge in [0.2, 0.25) is 0 Å². The Bertz CT molecular complexity index is 249. The van der Waals surface area contributed by atoms with Gasteiger partial charge in [0.1, 0.15) is 11.5 Å². The summed E-state index contributed by atoms with van der Waals surface area (Å²) < 4.78 is 5.23. The second-order valence-electron chi connectivity index (χ2n) is 3.19. The standard InChI is InChI=1S/C11H16O2/c1-3-6-10(12)9(4-2)11-7-5-8-13-11/h5,7-9H,3-4,6H2,1-2H3. The molecule has 0 saturated carbocycles. The summed E-state index contributed by atoms with van der Waals surface area (Å²) in [6.07, 6.45) is 4.01. The summed E-state index contributed by atoms with van der Waals surface area (Å²) in [5.74, 6) is 1.07. The summed E-state index contributed by atoms with van der Waals surface area (Å²) in [4.78, 5) is 11.6. The van der Waals surface area contributed by atoms with Crippen LogP contribution in [0.15, 0.2) is 22.8 Å². The lowest BCUT2D eigenvalue weighted by atomic mass is 9.95. The van der Waals surface area contributed by atoms with Crippen LogP contribution in [0.4, 0.5) is 0 Å². The lowest BCUT2D eigenvalue weighted by Crippen LogP contribution is -2.10. The van der Waals surface area contributed by atoms with Gasteiger partial charge in [-0.3, -0.25) is 4.79 Å². The third kappa shape index (κ3) is 2.44. The lowest BCUT2D eigenvalue weighted by molar-refractivity contribution is -0.120. The molecule has 1 heterocycles. The number of carbonyl (C=O) groups is 1. The van der Waals surface area contributed by atoms with E-state index in [1.165, 1.54) is 0 Å². The van der Waals surface area contributed by atoms with Gasteiger partial charge < -0.3 is 4.42 Å². The highest BCUT2D eigenvalue weighted by molar-refractivity contribution is 5.84. The van der Waals surface area contributed by atoms with Crippen molar-refractivity contribution in [3.8, 4) is 0 Å². The zero-order valence-corrected chi connectivity index (χ0v) is 8.25. The van der Waals surface area contributed by atoms with Gasteiger partial charge in [0.15, 0.2) is 0 Å². The molecule has 0 fully saturated rings. The van der Waals surface area contributed by atoms with E-state index in [2.05, 4.69) is 0 Å². The van der Waals surface area contributed by atoms with Gasteiger partial charge in [0.25, 0.3) is 0 Å². The highest BCUT2D eigenvalue weighted by Gasteiger charge is 2.19. The van der Waals surface area contributed by atoms with Crippen molar-refractivity contribution in [1.29, 1.82) is 0 Å². The van der Waals surface area contributed by atoms with Crippen molar-refractivity contribution >= 4 is 5.78 Å². The fourth-order valence-corrected chi connectivity index (χ4v) is 1.50. The molecule has 0 aromatic carbocycles. The van der Waals surface area contributed by atoms with Crippen LogP contribution < -0.4 is 0 Å². The van der Waals surface area contributed by atoms with Crippen molar-refractivity contribution < 1.29 is 9.21 Å². The van der Waals surface area contributed by atoms with Gasteiger partial charge in [-0.15, -0.1) is 0 Å². The number of furan rings is 1. The molecule has 1 aromatic rings. The Labute approximate surface area is 78.9 Å². The van der Waals surface area contributed by atoms with Crippen molar-refractivity contribution in [2.45, 2.75) is 39.0 Å². The van der Waals surface area contributed by atoms with E-state index >= 15 is 0 Å². The monoisotopic (exact) mass is 180 g/mol. The second kappa shape index (κ2) is 4.85. The summed E-state index contributed by atoms with van der Waals surface area (Å²) in [5, 5.41) is 0. The fraction of sp³-hybridized carbons (Fsp3) is 0.545. The first kappa shape index (κ1) is 10.0. The predicted molar refractivity (Wildman–Crippen MR) is 51.7 cm³/mol. The topological polar surface area (TPSA) is 30.2 Å². The van der Waals surface area contributed by atoms with E-state index in [1.54, 1.807) is 6.26 Å². The minimum atomic E-state index is -0.0325. The molecule has 0 aliphatic carbocycles. The number of carbonyl (C=O) groups excluding carboxylic acids is 1. The van der Waals surface area contributed by atoms with E-state index in [4.69, 9.17) is 4.42 Å². The Morgan fingerprint density at radius 3 is 2.77 bits per heavy atom. The van der Waals surface area contributed by atoms with E-state index in [0.29, 0.717) is 12.2 Å². The molecule has 2 heteroatoms. The second-order valence-corrected chi connectivity index (χ2v) is 3.19. The molecule has 1 atom stereocenters. The minimum Gasteiger partial charge on any atom is -0.469 e. The molecule has 0 radical (unpaired) electrons.